The van der Waals surface area contributed by atoms with E-state index in [0.29, 0.717) is 31.1 Å². The lowest BCUT2D eigenvalue weighted by Crippen LogP contribution is -2.51. The van der Waals surface area contributed by atoms with Gasteiger partial charge in [-0.1, -0.05) is 24.5 Å². The zero-order chi connectivity index (χ0) is 24.4. The molecule has 0 radical (unpaired) electrons. The number of rotatable bonds is 2. The van der Waals surface area contributed by atoms with Gasteiger partial charge < -0.3 is 10.0 Å². The van der Waals surface area contributed by atoms with Crippen molar-refractivity contribution in [3.63, 3.8) is 0 Å². The number of hydrogen-bond donors (Lipinski definition) is 1. The molecule has 184 valence electrons. The van der Waals surface area contributed by atoms with E-state index in [0.717, 1.165) is 62.9 Å². The van der Waals surface area contributed by atoms with E-state index in [4.69, 9.17) is 0 Å². The number of anilines is 1. The summed E-state index contributed by atoms with van der Waals surface area (Å²) in [5, 5.41) is 11.8. The van der Waals surface area contributed by atoms with Gasteiger partial charge in [-0.2, -0.15) is 0 Å². The van der Waals surface area contributed by atoms with E-state index in [1.54, 1.807) is 13.0 Å². The molecule has 0 unspecified atom stereocenters. The molecule has 4 aliphatic carbocycles. The second-order valence-corrected chi connectivity index (χ2v) is 11.7. The van der Waals surface area contributed by atoms with Gasteiger partial charge in [0.2, 0.25) is 0 Å². The van der Waals surface area contributed by atoms with Gasteiger partial charge in [-0.25, -0.2) is 4.39 Å². The molecule has 5 aliphatic rings. The predicted octanol–water partition coefficient (Wildman–Crippen LogP) is 6.08. The molecular weight excluding hydrogens is 437 g/mol. The monoisotopic (exact) mass is 473 g/mol. The SMILES string of the molecule is CC#C[C@]1(O)CC[C@H]2[C@@H]3CCC4=CC(=O)CCC4=C3[C@@H](c3ccc(N4CCCC4)cc3F)C[C@@]21C. The lowest BCUT2D eigenvalue weighted by atomic mass is 9.51. The Hall–Kier alpha value is -2.38. The number of nitrogens with zero attached hydrogens (tertiary/aromatic N) is 1. The van der Waals surface area contributed by atoms with Gasteiger partial charge in [0.05, 0.1) is 0 Å². The number of benzene rings is 1. The molecule has 1 aromatic carbocycles. The van der Waals surface area contributed by atoms with Crippen molar-refractivity contribution in [1.82, 2.24) is 0 Å². The van der Waals surface area contributed by atoms with Crippen LogP contribution in [0, 0.1) is 34.9 Å². The van der Waals surface area contributed by atoms with Crippen molar-refractivity contribution in [3.05, 3.63) is 52.4 Å². The normalized spacial score (nSPS) is 36.2. The van der Waals surface area contributed by atoms with Crippen LogP contribution in [0.2, 0.25) is 0 Å². The molecule has 0 bridgehead atoms. The third-order valence-electron chi connectivity index (χ3n) is 10.0. The van der Waals surface area contributed by atoms with Crippen LogP contribution in [0.5, 0.6) is 0 Å². The zero-order valence-corrected chi connectivity index (χ0v) is 21.0. The topological polar surface area (TPSA) is 40.5 Å². The Morgan fingerprint density at radius 2 is 1.94 bits per heavy atom. The molecule has 1 heterocycles. The van der Waals surface area contributed by atoms with Crippen molar-refractivity contribution in [2.45, 2.75) is 83.2 Å². The fourth-order valence-electron chi connectivity index (χ4n) is 8.33. The molecule has 3 nitrogen and oxygen atoms in total. The summed E-state index contributed by atoms with van der Waals surface area (Å²) < 4.78 is 15.9. The van der Waals surface area contributed by atoms with Crippen LogP contribution in [-0.2, 0) is 4.79 Å². The molecule has 4 heteroatoms. The average molecular weight is 474 g/mol. The summed E-state index contributed by atoms with van der Waals surface area (Å²) >= 11 is 0. The van der Waals surface area contributed by atoms with Gasteiger partial charge in [0, 0.05) is 36.5 Å². The first-order chi connectivity index (χ1) is 16.8. The molecule has 0 aromatic heterocycles. The van der Waals surface area contributed by atoms with Crippen LogP contribution in [0.4, 0.5) is 10.1 Å². The van der Waals surface area contributed by atoms with Crippen molar-refractivity contribution < 1.29 is 14.3 Å². The van der Waals surface area contributed by atoms with E-state index in [2.05, 4.69) is 29.7 Å². The first-order valence-corrected chi connectivity index (χ1v) is 13.5. The van der Waals surface area contributed by atoms with Crippen LogP contribution in [-0.4, -0.2) is 29.6 Å². The summed E-state index contributed by atoms with van der Waals surface area (Å²) in [5.41, 5.74) is 4.15. The van der Waals surface area contributed by atoms with E-state index in [9.17, 15) is 9.90 Å². The van der Waals surface area contributed by atoms with Crippen molar-refractivity contribution >= 4 is 11.5 Å². The molecule has 0 spiro atoms. The fourth-order valence-corrected chi connectivity index (χ4v) is 8.33. The quantitative estimate of drug-likeness (QED) is 0.529. The lowest BCUT2D eigenvalue weighted by molar-refractivity contribution is -0.114. The second-order valence-electron chi connectivity index (χ2n) is 11.7. The zero-order valence-electron chi connectivity index (χ0n) is 21.0. The number of halogens is 1. The minimum Gasteiger partial charge on any atom is -0.377 e. The van der Waals surface area contributed by atoms with Crippen LogP contribution in [0.25, 0.3) is 0 Å². The number of allylic oxidation sites excluding steroid dienone is 4. The van der Waals surface area contributed by atoms with Crippen molar-refractivity contribution in [2.24, 2.45) is 17.3 Å². The van der Waals surface area contributed by atoms with Gasteiger partial charge in [0.25, 0.3) is 0 Å². The molecule has 3 fully saturated rings. The van der Waals surface area contributed by atoms with E-state index < -0.39 is 5.60 Å². The second kappa shape index (κ2) is 8.34. The molecule has 1 N–H and O–H groups in total. The first kappa shape index (κ1) is 23.0. The van der Waals surface area contributed by atoms with Crippen LogP contribution in [0.3, 0.4) is 0 Å². The first-order valence-electron chi connectivity index (χ1n) is 13.5. The maximum atomic E-state index is 15.9. The van der Waals surface area contributed by atoms with Gasteiger partial charge >= 0.3 is 0 Å². The Labute approximate surface area is 208 Å². The number of hydrogen-bond acceptors (Lipinski definition) is 3. The van der Waals surface area contributed by atoms with E-state index in [1.807, 2.05) is 12.1 Å². The highest BCUT2D eigenvalue weighted by Crippen LogP contribution is 2.66. The van der Waals surface area contributed by atoms with Crippen molar-refractivity contribution in [2.75, 3.05) is 18.0 Å². The Morgan fingerprint density at radius 1 is 1.14 bits per heavy atom. The Kier molecular flexibility index (Phi) is 5.49. The average Bonchev–Trinajstić information content (AvgIpc) is 3.46. The summed E-state index contributed by atoms with van der Waals surface area (Å²) in [6, 6.07) is 5.83. The minimum absolute atomic E-state index is 0.0935. The van der Waals surface area contributed by atoms with Gasteiger partial charge in [-0.3, -0.25) is 4.79 Å². The summed E-state index contributed by atoms with van der Waals surface area (Å²) in [5.74, 6) is 6.81. The Balaban J connectivity index is 1.50. The lowest BCUT2D eigenvalue weighted by Gasteiger charge is -2.53. The van der Waals surface area contributed by atoms with Crippen LogP contribution in [0.1, 0.15) is 83.1 Å². The van der Waals surface area contributed by atoms with Crippen LogP contribution < -0.4 is 4.90 Å². The molecule has 1 aromatic rings. The van der Waals surface area contributed by atoms with Crippen molar-refractivity contribution in [3.8, 4) is 11.8 Å². The van der Waals surface area contributed by atoms with E-state index >= 15 is 4.39 Å². The Bertz CT molecular complexity index is 1200. The number of fused-ring (bicyclic) bond motifs is 4. The highest BCUT2D eigenvalue weighted by atomic mass is 19.1. The summed E-state index contributed by atoms with van der Waals surface area (Å²) in [6.07, 6.45) is 9.69. The minimum atomic E-state index is -1.04. The summed E-state index contributed by atoms with van der Waals surface area (Å²) in [6.45, 7) is 5.99. The van der Waals surface area contributed by atoms with E-state index in [1.165, 1.54) is 16.7 Å². The standard InChI is InChI=1S/C31H36FNO2/c1-3-13-31(35)14-12-27-25-9-6-20-17-22(34)8-11-23(20)29(25)26(19-30(27,31)2)24-10-7-21(18-28(24)32)33-15-4-5-16-33/h7,10,17-18,25-27,35H,4-6,8-9,11-12,14-16,19H2,1-2H3/t25-,26+,27-,30-,31-/m0/s1. The predicted molar refractivity (Wildman–Crippen MR) is 137 cm³/mol. The third-order valence-corrected chi connectivity index (χ3v) is 10.0. The fraction of sp³-hybridized carbons (Fsp3) is 0.581. The molecule has 35 heavy (non-hydrogen) atoms. The van der Waals surface area contributed by atoms with Gasteiger partial charge in [0.15, 0.2) is 5.78 Å². The van der Waals surface area contributed by atoms with Gasteiger partial charge in [-0.15, -0.1) is 5.92 Å². The third kappa shape index (κ3) is 3.45. The van der Waals surface area contributed by atoms with Gasteiger partial charge in [-0.05, 0) is 105 Å². The summed E-state index contributed by atoms with van der Waals surface area (Å²) in [7, 11) is 0. The molecule has 0 amide bonds. The largest absolute Gasteiger partial charge is 0.377 e. The number of ketones is 1. The molecule has 5 atom stereocenters. The molecule has 1 saturated heterocycles. The molecular formula is C31H36FNO2. The van der Waals surface area contributed by atoms with Crippen LogP contribution >= 0.6 is 0 Å². The van der Waals surface area contributed by atoms with Crippen LogP contribution in [0.15, 0.2) is 41.0 Å². The maximum absolute atomic E-state index is 15.9. The maximum Gasteiger partial charge on any atom is 0.156 e. The molecule has 6 rings (SSSR count). The number of carbonyl (C=O) groups excluding carboxylic acids is 1. The highest BCUT2D eigenvalue weighted by molar-refractivity contribution is 5.93. The Morgan fingerprint density at radius 3 is 2.69 bits per heavy atom. The highest BCUT2D eigenvalue weighted by Gasteiger charge is 2.62. The molecule has 1 aliphatic heterocycles. The van der Waals surface area contributed by atoms with Gasteiger partial charge in [0.1, 0.15) is 11.4 Å². The van der Waals surface area contributed by atoms with Crippen molar-refractivity contribution in [1.29, 1.82) is 0 Å². The smallest absolute Gasteiger partial charge is 0.156 e. The summed E-state index contributed by atoms with van der Waals surface area (Å²) in [4.78, 5) is 14.5. The van der Waals surface area contributed by atoms with E-state index in [-0.39, 0.29) is 22.9 Å². The number of aliphatic hydroxyl groups is 1. The molecule has 2 saturated carbocycles. The number of carbonyl (C=O) groups is 1.